The fourth-order valence-corrected chi connectivity index (χ4v) is 3.63. The Bertz CT molecular complexity index is 1030. The number of ether oxygens (including phenoxy) is 3. The molecule has 1 aliphatic heterocycles. The Morgan fingerprint density at radius 1 is 1.17 bits per heavy atom. The van der Waals surface area contributed by atoms with E-state index >= 15 is 0 Å². The molecule has 3 rings (SSSR count). The minimum Gasteiger partial charge on any atom is -0.449 e. The molecule has 1 aliphatic rings. The Kier molecular flexibility index (Phi) is 9.63. The van der Waals surface area contributed by atoms with Gasteiger partial charge in [0, 0.05) is 11.5 Å². The summed E-state index contributed by atoms with van der Waals surface area (Å²) in [6.07, 6.45) is -1.06. The van der Waals surface area contributed by atoms with Crippen molar-refractivity contribution in [1.82, 2.24) is 4.90 Å². The number of benzene rings is 2. The molecule has 9 nitrogen and oxygen atoms in total. The maximum Gasteiger partial charge on any atom is 0.410 e. The van der Waals surface area contributed by atoms with Crippen LogP contribution in [0.2, 0.25) is 0 Å². The summed E-state index contributed by atoms with van der Waals surface area (Å²) in [4.78, 5) is 17.4. The summed E-state index contributed by atoms with van der Waals surface area (Å²) >= 11 is 11.9. The predicted molar refractivity (Wildman–Crippen MR) is 133 cm³/mol. The molecule has 1 saturated heterocycles. The van der Waals surface area contributed by atoms with Crippen molar-refractivity contribution < 1.29 is 19.0 Å². The zero-order chi connectivity index (χ0) is 25.3. The van der Waals surface area contributed by atoms with Crippen LogP contribution in [0.3, 0.4) is 0 Å². The third-order valence-corrected chi connectivity index (χ3v) is 5.70. The second kappa shape index (κ2) is 12.7. The number of nitrogens with one attached hydrogen (secondary N) is 1. The van der Waals surface area contributed by atoms with Crippen molar-refractivity contribution in [2.45, 2.75) is 55.7 Å². The molecule has 35 heavy (non-hydrogen) atoms. The second-order valence-corrected chi connectivity index (χ2v) is 9.92. The van der Waals surface area contributed by atoms with Gasteiger partial charge in [-0.1, -0.05) is 89.0 Å². The number of carbonyl (C=O) groups excluding carboxylic acids is 1. The average Bonchev–Trinajstić information content (AvgIpc) is 2.84. The zero-order valence-electron chi connectivity index (χ0n) is 19.2. The van der Waals surface area contributed by atoms with Crippen LogP contribution in [-0.2, 0) is 27.4 Å². The first kappa shape index (κ1) is 26.6. The van der Waals surface area contributed by atoms with Crippen molar-refractivity contribution in [2.75, 3.05) is 6.54 Å². The molecule has 2 aromatic carbocycles. The van der Waals surface area contributed by atoms with Crippen molar-refractivity contribution in [2.24, 2.45) is 5.11 Å². The molecular weight excluding hydrogens is 493 g/mol. The van der Waals surface area contributed by atoms with E-state index in [0.29, 0.717) is 19.4 Å². The van der Waals surface area contributed by atoms with Gasteiger partial charge >= 0.3 is 6.09 Å². The van der Waals surface area contributed by atoms with Crippen molar-refractivity contribution in [3.63, 3.8) is 0 Å². The number of azide groups is 1. The maximum atomic E-state index is 13.0. The SMILES string of the molecule is CC(Cl)(Cl)C(=N)OC1O[C@H](CN(Cc2ccccc2)C(=O)OCc2ccccc2)CCC1N=[N+]=[N-]. The molecule has 1 fully saturated rings. The summed E-state index contributed by atoms with van der Waals surface area (Å²) < 4.78 is 15.5. The normalized spacial score (nSPS) is 19.8. The van der Waals surface area contributed by atoms with Gasteiger partial charge in [-0.2, -0.15) is 0 Å². The lowest BCUT2D eigenvalue weighted by Gasteiger charge is -2.37. The van der Waals surface area contributed by atoms with Gasteiger partial charge in [-0.15, -0.1) is 0 Å². The Balaban J connectivity index is 1.71. The Morgan fingerprint density at radius 3 is 2.40 bits per heavy atom. The van der Waals surface area contributed by atoms with Crippen LogP contribution in [0.4, 0.5) is 4.79 Å². The van der Waals surface area contributed by atoms with Crippen LogP contribution in [0.15, 0.2) is 65.8 Å². The highest BCUT2D eigenvalue weighted by Crippen LogP contribution is 2.29. The van der Waals surface area contributed by atoms with Crippen LogP contribution in [0.1, 0.15) is 30.9 Å². The van der Waals surface area contributed by atoms with E-state index in [0.717, 1.165) is 11.1 Å². The van der Waals surface area contributed by atoms with Crippen LogP contribution in [0.25, 0.3) is 10.4 Å². The standard InChI is InChI=1S/C24H27Cl2N5O4/c1-24(25,26)22(27)35-21-20(29-30-28)13-12-19(34-21)15-31(14-17-8-4-2-5-9-17)23(32)33-16-18-10-6-3-7-11-18/h2-11,19-21,27H,12-16H2,1H3/t19-,20?,21?/m0/s1. The van der Waals surface area contributed by atoms with E-state index in [4.69, 9.17) is 48.4 Å². The number of halogens is 2. The van der Waals surface area contributed by atoms with Crippen molar-refractivity contribution in [3.8, 4) is 0 Å². The van der Waals surface area contributed by atoms with E-state index < -0.39 is 34.8 Å². The van der Waals surface area contributed by atoms with Gasteiger partial charge in [0.1, 0.15) is 6.61 Å². The number of alkyl halides is 2. The average molecular weight is 520 g/mol. The zero-order valence-corrected chi connectivity index (χ0v) is 20.7. The van der Waals surface area contributed by atoms with Crippen molar-refractivity contribution in [3.05, 3.63) is 82.2 Å². The summed E-state index contributed by atoms with van der Waals surface area (Å²) in [6, 6.07) is 18.3. The molecule has 186 valence electrons. The quantitative estimate of drug-likeness (QED) is 0.106. The highest BCUT2D eigenvalue weighted by atomic mass is 35.5. The number of hydrogen-bond donors (Lipinski definition) is 1. The molecule has 0 saturated carbocycles. The summed E-state index contributed by atoms with van der Waals surface area (Å²) in [5.41, 5.74) is 10.7. The second-order valence-electron chi connectivity index (χ2n) is 8.22. The first-order valence-corrected chi connectivity index (χ1v) is 11.8. The van der Waals surface area contributed by atoms with Crippen LogP contribution in [0.5, 0.6) is 0 Å². The third-order valence-electron chi connectivity index (χ3n) is 5.36. The van der Waals surface area contributed by atoms with E-state index in [9.17, 15) is 4.79 Å². The molecule has 11 heteroatoms. The molecule has 1 amide bonds. The lowest BCUT2D eigenvalue weighted by Crippen LogP contribution is -2.47. The van der Waals surface area contributed by atoms with Gasteiger partial charge in [0.05, 0.1) is 18.7 Å². The van der Waals surface area contributed by atoms with Crippen LogP contribution >= 0.6 is 23.2 Å². The van der Waals surface area contributed by atoms with E-state index in [1.165, 1.54) is 6.92 Å². The molecule has 1 heterocycles. The lowest BCUT2D eigenvalue weighted by atomic mass is 10.0. The summed E-state index contributed by atoms with van der Waals surface area (Å²) in [6.45, 7) is 2.06. The number of rotatable bonds is 9. The Morgan fingerprint density at radius 2 is 1.80 bits per heavy atom. The van der Waals surface area contributed by atoms with Gasteiger partial charge < -0.3 is 19.1 Å². The first-order valence-electron chi connectivity index (χ1n) is 11.1. The lowest BCUT2D eigenvalue weighted by molar-refractivity contribution is -0.168. The number of carbonyl (C=O) groups is 1. The molecule has 2 unspecified atom stereocenters. The topological polar surface area (TPSA) is 121 Å². The molecule has 2 aromatic rings. The Hall–Kier alpha value is -2.97. The number of amides is 1. The molecule has 0 aromatic heterocycles. The van der Waals surface area contributed by atoms with E-state index in [-0.39, 0.29) is 13.2 Å². The van der Waals surface area contributed by atoms with E-state index in [1.807, 2.05) is 60.7 Å². The molecule has 0 bridgehead atoms. The van der Waals surface area contributed by atoms with Crippen LogP contribution in [-0.4, -0.2) is 46.2 Å². The smallest absolute Gasteiger partial charge is 0.410 e. The number of nitrogens with zero attached hydrogens (tertiary/aromatic N) is 4. The van der Waals surface area contributed by atoms with Crippen LogP contribution in [0, 0.1) is 5.41 Å². The molecule has 3 atom stereocenters. The fourth-order valence-electron chi connectivity index (χ4n) is 3.54. The predicted octanol–water partition coefficient (Wildman–Crippen LogP) is 6.20. The molecule has 1 N–H and O–H groups in total. The molecule has 0 radical (unpaired) electrons. The van der Waals surface area contributed by atoms with E-state index in [2.05, 4.69) is 10.0 Å². The van der Waals surface area contributed by atoms with Gasteiger partial charge in [-0.3, -0.25) is 5.41 Å². The minimum absolute atomic E-state index is 0.141. The highest BCUT2D eigenvalue weighted by molar-refractivity contribution is 6.57. The highest BCUT2D eigenvalue weighted by Gasteiger charge is 2.37. The first-order chi connectivity index (χ1) is 16.8. The van der Waals surface area contributed by atoms with Gasteiger partial charge in [-0.25, -0.2) is 4.79 Å². The van der Waals surface area contributed by atoms with Gasteiger partial charge in [0.2, 0.25) is 12.2 Å². The van der Waals surface area contributed by atoms with Crippen molar-refractivity contribution in [1.29, 1.82) is 5.41 Å². The van der Waals surface area contributed by atoms with Crippen molar-refractivity contribution >= 4 is 35.2 Å². The largest absolute Gasteiger partial charge is 0.449 e. The number of hydrogen-bond acceptors (Lipinski definition) is 6. The van der Waals surface area contributed by atoms with Gasteiger partial charge in [0.25, 0.3) is 0 Å². The monoisotopic (exact) mass is 519 g/mol. The summed E-state index contributed by atoms with van der Waals surface area (Å²) in [5, 5.41) is 11.7. The fraction of sp³-hybridized carbons (Fsp3) is 0.417. The van der Waals surface area contributed by atoms with E-state index in [1.54, 1.807) is 4.90 Å². The third kappa shape index (κ3) is 8.33. The summed E-state index contributed by atoms with van der Waals surface area (Å²) in [5.74, 6) is -0.423. The molecule has 0 spiro atoms. The van der Waals surface area contributed by atoms with Gasteiger partial charge in [0.15, 0.2) is 4.33 Å². The maximum absolute atomic E-state index is 13.0. The van der Waals surface area contributed by atoms with Gasteiger partial charge in [-0.05, 0) is 36.4 Å². The minimum atomic E-state index is -1.57. The molecular formula is C24H27Cl2N5O4. The molecule has 0 aliphatic carbocycles. The Labute approximate surface area is 214 Å². The van der Waals surface area contributed by atoms with Crippen LogP contribution < -0.4 is 0 Å². The summed E-state index contributed by atoms with van der Waals surface area (Å²) in [7, 11) is 0.